The summed E-state index contributed by atoms with van der Waals surface area (Å²) in [7, 11) is 5.35. The van der Waals surface area contributed by atoms with Gasteiger partial charge in [0.1, 0.15) is 0 Å². The van der Waals surface area contributed by atoms with E-state index in [0.717, 1.165) is 31.9 Å². The lowest BCUT2D eigenvalue weighted by atomic mass is 9.93. The van der Waals surface area contributed by atoms with E-state index in [1.54, 1.807) is 0 Å². The highest BCUT2D eigenvalue weighted by Gasteiger charge is 2.12. The van der Waals surface area contributed by atoms with Crippen LogP contribution in [-0.4, -0.2) is 21.1 Å². The predicted octanol–water partition coefficient (Wildman–Crippen LogP) is 1.000. The highest BCUT2D eigenvalue weighted by Crippen LogP contribution is 2.16. The highest BCUT2D eigenvalue weighted by atomic mass is 16.5. The van der Waals surface area contributed by atoms with E-state index in [2.05, 4.69) is 0 Å². The molecular formula is C6H11BO. The van der Waals surface area contributed by atoms with Crippen molar-refractivity contribution in [1.82, 2.24) is 0 Å². The third-order valence-corrected chi connectivity index (χ3v) is 1.60. The number of rotatable bonds is 2. The molecule has 1 heterocycles. The molecule has 0 spiro atoms. The monoisotopic (exact) mass is 110 g/mol. The van der Waals surface area contributed by atoms with Gasteiger partial charge in [0.05, 0.1) is 7.85 Å². The maximum atomic E-state index is 5.35. The molecule has 1 saturated heterocycles. The molecule has 2 radical (unpaired) electrons. The Bertz CT molecular complexity index is 59.5. The van der Waals surface area contributed by atoms with Crippen molar-refractivity contribution in [3.05, 3.63) is 0 Å². The van der Waals surface area contributed by atoms with Gasteiger partial charge in [-0.1, -0.05) is 12.7 Å². The van der Waals surface area contributed by atoms with Gasteiger partial charge >= 0.3 is 0 Å². The normalized spacial score (nSPS) is 28.8. The summed E-state index contributed by atoms with van der Waals surface area (Å²) in [5, 5.41) is 0. The minimum atomic E-state index is 0.764. The fourth-order valence-corrected chi connectivity index (χ4v) is 1.05. The minimum absolute atomic E-state index is 0.764. The van der Waals surface area contributed by atoms with Gasteiger partial charge in [0.15, 0.2) is 0 Å². The van der Waals surface area contributed by atoms with Gasteiger partial charge in [0.25, 0.3) is 0 Å². The Morgan fingerprint density at radius 1 is 1.62 bits per heavy atom. The lowest BCUT2D eigenvalue weighted by molar-refractivity contribution is 0.185. The van der Waals surface area contributed by atoms with Crippen LogP contribution in [0.25, 0.3) is 0 Å². The molecule has 0 aromatic rings. The Balaban J connectivity index is 2.06. The van der Waals surface area contributed by atoms with E-state index < -0.39 is 0 Å². The molecule has 0 bridgehead atoms. The molecule has 0 aliphatic carbocycles. The average molecular weight is 110 g/mol. The zero-order valence-corrected chi connectivity index (χ0v) is 5.10. The number of ether oxygens (including phenoxy) is 1. The predicted molar refractivity (Wildman–Crippen MR) is 34.1 cm³/mol. The Hall–Kier alpha value is 0.0249. The van der Waals surface area contributed by atoms with Crippen LogP contribution in [0.15, 0.2) is 0 Å². The van der Waals surface area contributed by atoms with Gasteiger partial charge in [-0.05, 0) is 12.3 Å². The molecule has 1 aliphatic heterocycles. The molecule has 1 nitrogen and oxygen atoms in total. The second-order valence-electron chi connectivity index (χ2n) is 2.31. The molecule has 0 aromatic carbocycles. The summed E-state index contributed by atoms with van der Waals surface area (Å²) in [5.74, 6) is 0.764. The molecule has 1 atom stereocenters. The number of hydrogen-bond acceptors (Lipinski definition) is 1. The van der Waals surface area contributed by atoms with Crippen molar-refractivity contribution in [1.29, 1.82) is 0 Å². The van der Waals surface area contributed by atoms with Gasteiger partial charge in [-0.15, -0.1) is 0 Å². The first-order valence-corrected chi connectivity index (χ1v) is 3.21. The van der Waals surface area contributed by atoms with Gasteiger partial charge in [0.2, 0.25) is 0 Å². The summed E-state index contributed by atoms with van der Waals surface area (Å²) in [6, 6.07) is 0. The van der Waals surface area contributed by atoms with Gasteiger partial charge < -0.3 is 4.74 Å². The van der Waals surface area contributed by atoms with Crippen molar-refractivity contribution in [2.45, 2.75) is 19.2 Å². The Kier molecular flexibility index (Phi) is 2.41. The molecule has 1 rings (SSSR count). The van der Waals surface area contributed by atoms with E-state index in [0.29, 0.717) is 0 Å². The summed E-state index contributed by atoms with van der Waals surface area (Å²) in [6.45, 7) is 1.89. The van der Waals surface area contributed by atoms with Gasteiger partial charge in [-0.2, -0.15) is 0 Å². The third-order valence-electron chi connectivity index (χ3n) is 1.60. The first-order chi connectivity index (χ1) is 3.93. The van der Waals surface area contributed by atoms with Gasteiger partial charge in [-0.25, -0.2) is 0 Å². The summed E-state index contributed by atoms with van der Waals surface area (Å²) in [6.07, 6.45) is 3.17. The van der Waals surface area contributed by atoms with E-state index in [4.69, 9.17) is 12.6 Å². The third kappa shape index (κ3) is 1.51. The molecular weight excluding hydrogens is 98.9 g/mol. The standard InChI is InChI=1S/C6H11BO/c7-3-1-6-2-4-8-5-6/h6H,1-5H2. The Labute approximate surface area is 51.8 Å². The maximum absolute atomic E-state index is 5.35. The zero-order chi connectivity index (χ0) is 5.82. The van der Waals surface area contributed by atoms with Crippen LogP contribution in [0, 0.1) is 5.92 Å². The molecule has 1 fully saturated rings. The topological polar surface area (TPSA) is 9.23 Å². The summed E-state index contributed by atoms with van der Waals surface area (Å²) >= 11 is 0. The quantitative estimate of drug-likeness (QED) is 0.482. The van der Waals surface area contributed by atoms with Crippen LogP contribution < -0.4 is 0 Å². The lowest BCUT2D eigenvalue weighted by Crippen LogP contribution is -1.97. The molecule has 1 unspecified atom stereocenters. The molecule has 8 heavy (non-hydrogen) atoms. The maximum Gasteiger partial charge on any atom is 0.0653 e. The van der Waals surface area contributed by atoms with E-state index in [1.807, 2.05) is 0 Å². The van der Waals surface area contributed by atoms with Crippen molar-refractivity contribution in [2.24, 2.45) is 5.92 Å². The highest BCUT2D eigenvalue weighted by molar-refractivity contribution is 6.08. The van der Waals surface area contributed by atoms with Crippen molar-refractivity contribution in [3.8, 4) is 0 Å². The number of hydrogen-bond donors (Lipinski definition) is 0. The lowest BCUT2D eigenvalue weighted by Gasteiger charge is -2.01. The van der Waals surface area contributed by atoms with Crippen LogP contribution >= 0.6 is 0 Å². The fraction of sp³-hybridized carbons (Fsp3) is 1.00. The first kappa shape index (κ1) is 6.15. The van der Waals surface area contributed by atoms with Gasteiger partial charge in [0, 0.05) is 13.2 Å². The molecule has 0 aromatic heterocycles. The summed E-state index contributed by atoms with van der Waals surface area (Å²) in [5.41, 5.74) is 0. The van der Waals surface area contributed by atoms with Crippen molar-refractivity contribution in [2.75, 3.05) is 13.2 Å². The van der Waals surface area contributed by atoms with Crippen LogP contribution in [0.2, 0.25) is 6.32 Å². The molecule has 1 aliphatic rings. The largest absolute Gasteiger partial charge is 0.381 e. The van der Waals surface area contributed by atoms with Crippen LogP contribution in [0.3, 0.4) is 0 Å². The van der Waals surface area contributed by atoms with Crippen molar-refractivity contribution < 1.29 is 4.74 Å². The Morgan fingerprint density at radius 2 is 2.50 bits per heavy atom. The van der Waals surface area contributed by atoms with Crippen LogP contribution in [0.4, 0.5) is 0 Å². The minimum Gasteiger partial charge on any atom is -0.381 e. The second-order valence-corrected chi connectivity index (χ2v) is 2.31. The van der Waals surface area contributed by atoms with Crippen molar-refractivity contribution in [3.63, 3.8) is 0 Å². The Morgan fingerprint density at radius 3 is 3.00 bits per heavy atom. The molecule has 0 N–H and O–H groups in total. The van der Waals surface area contributed by atoms with E-state index in [-0.39, 0.29) is 0 Å². The second kappa shape index (κ2) is 3.13. The van der Waals surface area contributed by atoms with Crippen LogP contribution in [0.1, 0.15) is 12.8 Å². The van der Waals surface area contributed by atoms with E-state index in [9.17, 15) is 0 Å². The zero-order valence-electron chi connectivity index (χ0n) is 5.10. The van der Waals surface area contributed by atoms with E-state index >= 15 is 0 Å². The smallest absolute Gasteiger partial charge is 0.0653 e. The molecule has 2 heteroatoms. The summed E-state index contributed by atoms with van der Waals surface area (Å²) in [4.78, 5) is 0. The molecule has 0 saturated carbocycles. The SMILES string of the molecule is [B]CCC1CCOC1. The van der Waals surface area contributed by atoms with Gasteiger partial charge in [-0.3, -0.25) is 0 Å². The van der Waals surface area contributed by atoms with E-state index in [1.165, 1.54) is 6.42 Å². The van der Waals surface area contributed by atoms with Crippen LogP contribution in [0.5, 0.6) is 0 Å². The first-order valence-electron chi connectivity index (χ1n) is 3.21. The summed E-state index contributed by atoms with van der Waals surface area (Å²) < 4.78 is 5.15. The molecule has 0 amide bonds. The fourth-order valence-electron chi connectivity index (χ4n) is 1.05. The average Bonchev–Trinajstić information content (AvgIpc) is 2.19. The van der Waals surface area contributed by atoms with Crippen LogP contribution in [-0.2, 0) is 4.74 Å². The van der Waals surface area contributed by atoms with Crippen molar-refractivity contribution >= 4 is 7.85 Å². The molecule has 44 valence electrons.